The zero-order valence-electron chi connectivity index (χ0n) is 17.2. The van der Waals surface area contributed by atoms with Crippen LogP contribution in [0.4, 0.5) is 5.82 Å². The summed E-state index contributed by atoms with van der Waals surface area (Å²) < 4.78 is 10.8. The van der Waals surface area contributed by atoms with E-state index in [-0.39, 0.29) is 0 Å². The fraction of sp³-hybridized carbons (Fsp3) is 0.409. The van der Waals surface area contributed by atoms with E-state index in [0.717, 1.165) is 33.0 Å². The van der Waals surface area contributed by atoms with Crippen LogP contribution in [0, 0.1) is 18.3 Å². The lowest BCUT2D eigenvalue weighted by Crippen LogP contribution is -2.38. The average Bonchev–Trinajstić information content (AvgIpc) is 3.01. The zero-order chi connectivity index (χ0) is 20.5. The molecule has 1 aliphatic carbocycles. The highest BCUT2D eigenvalue weighted by atomic mass is 32.1. The largest absolute Gasteiger partial charge is 0.493 e. The first-order valence-electron chi connectivity index (χ1n) is 9.69. The number of thiophene rings is 1. The molecular weight excluding hydrogens is 384 g/mol. The molecule has 0 radical (unpaired) electrons. The summed E-state index contributed by atoms with van der Waals surface area (Å²) in [5, 5.41) is 10.5. The molecule has 1 aromatic carbocycles. The van der Waals surface area contributed by atoms with Gasteiger partial charge in [-0.25, -0.2) is 9.97 Å². The third-order valence-corrected chi connectivity index (χ3v) is 6.78. The number of rotatable bonds is 6. The Hall–Kier alpha value is -2.85. The molecule has 0 atom stereocenters. The maximum absolute atomic E-state index is 9.50. The number of nitriles is 1. The highest BCUT2D eigenvalue weighted by Gasteiger charge is 2.27. The summed E-state index contributed by atoms with van der Waals surface area (Å²) >= 11 is 1.45. The van der Waals surface area contributed by atoms with Crippen molar-refractivity contribution in [1.82, 2.24) is 9.97 Å². The van der Waals surface area contributed by atoms with Gasteiger partial charge in [0, 0.05) is 19.5 Å². The van der Waals surface area contributed by atoms with Crippen LogP contribution in [0.3, 0.4) is 0 Å². The molecule has 1 aliphatic rings. The molecule has 0 unspecified atom stereocenters. The summed E-state index contributed by atoms with van der Waals surface area (Å²) in [5.41, 5.74) is 2.03. The van der Waals surface area contributed by atoms with Gasteiger partial charge in [0.1, 0.15) is 27.4 Å². The topological polar surface area (TPSA) is 71.3 Å². The second-order valence-electron chi connectivity index (χ2n) is 7.37. The Morgan fingerprint density at radius 3 is 2.59 bits per heavy atom. The SMILES string of the molecule is COc1ccc(Cc2nc(N(C)C3CCC3)c3c(C)c(C#N)sc3n2)cc1OC. The highest BCUT2D eigenvalue weighted by molar-refractivity contribution is 7.19. The van der Waals surface area contributed by atoms with Crippen LogP contribution in [0.2, 0.25) is 0 Å². The van der Waals surface area contributed by atoms with E-state index in [4.69, 9.17) is 19.4 Å². The maximum atomic E-state index is 9.50. The van der Waals surface area contributed by atoms with Crippen molar-refractivity contribution in [2.45, 2.75) is 38.6 Å². The average molecular weight is 409 g/mol. The molecule has 0 spiro atoms. The number of aryl methyl sites for hydroxylation is 1. The van der Waals surface area contributed by atoms with Crippen molar-refractivity contribution in [2.24, 2.45) is 0 Å². The molecule has 0 N–H and O–H groups in total. The van der Waals surface area contributed by atoms with Gasteiger partial charge in [0.2, 0.25) is 0 Å². The number of nitrogens with zero attached hydrogens (tertiary/aromatic N) is 4. The van der Waals surface area contributed by atoms with Crippen molar-refractivity contribution < 1.29 is 9.47 Å². The van der Waals surface area contributed by atoms with Gasteiger partial charge in [0.25, 0.3) is 0 Å². The Balaban J connectivity index is 1.78. The molecule has 7 heteroatoms. The van der Waals surface area contributed by atoms with Gasteiger partial charge in [0.15, 0.2) is 11.5 Å². The van der Waals surface area contributed by atoms with Gasteiger partial charge >= 0.3 is 0 Å². The Bertz CT molecular complexity index is 1100. The summed E-state index contributed by atoms with van der Waals surface area (Å²) in [6.45, 7) is 1.99. The lowest BCUT2D eigenvalue weighted by atomic mass is 9.91. The Labute approximate surface area is 174 Å². The molecule has 0 bridgehead atoms. The van der Waals surface area contributed by atoms with Crippen molar-refractivity contribution in [3.8, 4) is 17.6 Å². The van der Waals surface area contributed by atoms with E-state index in [1.807, 2.05) is 25.1 Å². The Morgan fingerprint density at radius 1 is 1.21 bits per heavy atom. The summed E-state index contributed by atoms with van der Waals surface area (Å²) in [6, 6.07) is 8.68. The molecule has 4 rings (SSSR count). The molecule has 0 amide bonds. The van der Waals surface area contributed by atoms with E-state index < -0.39 is 0 Å². The Kier molecular flexibility index (Phi) is 5.29. The number of aromatic nitrogens is 2. The van der Waals surface area contributed by atoms with Gasteiger partial charge in [-0.3, -0.25) is 0 Å². The Morgan fingerprint density at radius 2 is 1.97 bits per heavy atom. The van der Waals surface area contributed by atoms with Gasteiger partial charge in [-0.05, 0) is 49.4 Å². The van der Waals surface area contributed by atoms with Gasteiger partial charge in [-0.15, -0.1) is 11.3 Å². The summed E-state index contributed by atoms with van der Waals surface area (Å²) in [6.07, 6.45) is 4.21. The van der Waals surface area contributed by atoms with E-state index in [1.54, 1.807) is 14.2 Å². The first-order chi connectivity index (χ1) is 14.0. The van der Waals surface area contributed by atoms with Crippen LogP contribution >= 0.6 is 11.3 Å². The standard InChI is InChI=1S/C22H24N4O2S/c1-13-18(12-23)29-22-20(13)21(26(2)15-6-5-7-15)24-19(25-22)11-14-8-9-16(27-3)17(10-14)28-4/h8-10,15H,5-7,11H2,1-4H3. The normalized spacial score (nSPS) is 13.8. The van der Waals surface area contributed by atoms with Crippen molar-refractivity contribution in [1.29, 1.82) is 5.26 Å². The lowest BCUT2D eigenvalue weighted by molar-refractivity contribution is 0.354. The summed E-state index contributed by atoms with van der Waals surface area (Å²) in [5.74, 6) is 3.07. The number of methoxy groups -OCH3 is 2. The number of fused-ring (bicyclic) bond motifs is 1. The number of anilines is 1. The van der Waals surface area contributed by atoms with Gasteiger partial charge in [0.05, 0.1) is 19.6 Å². The third-order valence-electron chi connectivity index (χ3n) is 5.69. The number of ether oxygens (including phenoxy) is 2. The zero-order valence-corrected chi connectivity index (χ0v) is 18.0. The van der Waals surface area contributed by atoms with E-state index in [1.165, 1.54) is 30.6 Å². The van der Waals surface area contributed by atoms with E-state index in [0.29, 0.717) is 28.8 Å². The second-order valence-corrected chi connectivity index (χ2v) is 8.37. The molecule has 29 heavy (non-hydrogen) atoms. The van der Waals surface area contributed by atoms with Gasteiger partial charge in [-0.1, -0.05) is 6.07 Å². The molecule has 0 saturated heterocycles. The first-order valence-corrected chi connectivity index (χ1v) is 10.5. The van der Waals surface area contributed by atoms with E-state index in [9.17, 15) is 5.26 Å². The molecule has 1 fully saturated rings. The third kappa shape index (κ3) is 3.49. The minimum absolute atomic E-state index is 0.506. The van der Waals surface area contributed by atoms with Crippen LogP contribution < -0.4 is 14.4 Å². The summed E-state index contributed by atoms with van der Waals surface area (Å²) in [7, 11) is 5.37. The fourth-order valence-electron chi connectivity index (χ4n) is 3.72. The van der Waals surface area contributed by atoms with Crippen molar-refractivity contribution in [3.05, 3.63) is 40.0 Å². The predicted octanol–water partition coefficient (Wildman–Crippen LogP) is 4.47. The van der Waals surface area contributed by atoms with Crippen LogP contribution in [-0.2, 0) is 6.42 Å². The molecule has 3 aromatic rings. The van der Waals surface area contributed by atoms with Crippen LogP contribution in [-0.4, -0.2) is 37.3 Å². The number of hydrogen-bond donors (Lipinski definition) is 0. The van der Waals surface area contributed by atoms with Gasteiger partial charge < -0.3 is 14.4 Å². The van der Waals surface area contributed by atoms with E-state index >= 15 is 0 Å². The molecule has 0 aliphatic heterocycles. The quantitative estimate of drug-likeness (QED) is 0.599. The van der Waals surface area contributed by atoms with Crippen molar-refractivity contribution in [3.63, 3.8) is 0 Å². The monoisotopic (exact) mass is 408 g/mol. The van der Waals surface area contributed by atoms with Crippen LogP contribution in [0.15, 0.2) is 18.2 Å². The summed E-state index contributed by atoms with van der Waals surface area (Å²) in [4.78, 5) is 13.6. The van der Waals surface area contributed by atoms with Crippen molar-refractivity contribution in [2.75, 3.05) is 26.2 Å². The van der Waals surface area contributed by atoms with Crippen molar-refractivity contribution >= 4 is 27.4 Å². The maximum Gasteiger partial charge on any atom is 0.161 e. The van der Waals surface area contributed by atoms with Crippen LogP contribution in [0.25, 0.3) is 10.2 Å². The van der Waals surface area contributed by atoms with Crippen LogP contribution in [0.5, 0.6) is 11.5 Å². The van der Waals surface area contributed by atoms with Crippen LogP contribution in [0.1, 0.15) is 41.1 Å². The molecule has 2 heterocycles. The van der Waals surface area contributed by atoms with Gasteiger partial charge in [-0.2, -0.15) is 5.26 Å². The minimum Gasteiger partial charge on any atom is -0.493 e. The highest BCUT2D eigenvalue weighted by Crippen LogP contribution is 2.38. The molecule has 150 valence electrons. The minimum atomic E-state index is 0.506. The molecule has 2 aromatic heterocycles. The molecule has 1 saturated carbocycles. The molecular formula is C22H24N4O2S. The molecule has 6 nitrogen and oxygen atoms in total. The van der Waals surface area contributed by atoms with E-state index in [2.05, 4.69) is 18.0 Å². The lowest BCUT2D eigenvalue weighted by Gasteiger charge is -2.36. The first kappa shape index (κ1) is 19.5. The second kappa shape index (κ2) is 7.88. The predicted molar refractivity (Wildman–Crippen MR) is 115 cm³/mol. The fourth-order valence-corrected chi connectivity index (χ4v) is 4.71. The smallest absolute Gasteiger partial charge is 0.161 e. The number of benzene rings is 1. The number of hydrogen-bond acceptors (Lipinski definition) is 7.